The average Bonchev–Trinajstić information content (AvgIpc) is 3.03. The number of ether oxygens (including phenoxy) is 4. The van der Waals surface area contributed by atoms with Crippen LogP contribution >= 0.6 is 0 Å². The number of benzene rings is 4. The zero-order valence-corrected chi connectivity index (χ0v) is 26.1. The summed E-state index contributed by atoms with van der Waals surface area (Å²) in [5.74, 6) is -16.3. The third-order valence-electron chi connectivity index (χ3n) is 7.28. The topological polar surface area (TPSA) is 119 Å². The summed E-state index contributed by atoms with van der Waals surface area (Å²) in [6.45, 7) is 1.71. The van der Waals surface area contributed by atoms with Crippen LogP contribution < -0.4 is 18.9 Å². The first-order valence-corrected chi connectivity index (χ1v) is 14.7. The Hall–Kier alpha value is -6.16. The molecular formula is C35H22F8N2O6. The number of nitriles is 2. The van der Waals surface area contributed by atoms with Gasteiger partial charge in [0, 0.05) is 48.5 Å². The highest BCUT2D eigenvalue weighted by molar-refractivity contribution is 5.92. The largest absolute Gasteiger partial charge is 0.493 e. The Bertz CT molecular complexity index is 1840. The molecule has 4 rings (SSSR count). The van der Waals surface area contributed by atoms with E-state index in [-0.39, 0.29) is 30.6 Å². The lowest BCUT2D eigenvalue weighted by molar-refractivity contribution is 0.0713. The quantitative estimate of drug-likeness (QED) is 0.0771. The summed E-state index contributed by atoms with van der Waals surface area (Å²) in [5.41, 5.74) is -4.20. The Labute approximate surface area is 284 Å². The van der Waals surface area contributed by atoms with Crippen LogP contribution in [-0.4, -0.2) is 25.2 Å². The number of carbonyl (C=O) groups is 2. The van der Waals surface area contributed by atoms with Gasteiger partial charge in [-0.1, -0.05) is 13.3 Å². The summed E-state index contributed by atoms with van der Waals surface area (Å²) >= 11 is 0. The number of carbonyl (C=O) groups excluding carboxylic acids is 2. The molecule has 8 nitrogen and oxygen atoms in total. The van der Waals surface area contributed by atoms with Gasteiger partial charge in [-0.05, 0) is 18.8 Å². The SMILES string of the molecule is CCC(CCOc1cc(F)c(C(=O)Oc2cc(F)c(C#N)c(F)c2)c(F)c1)CCOc1cc(F)c(C(=O)Oc2cc(F)c(C#N)c(F)c2)c(F)c1. The van der Waals surface area contributed by atoms with Gasteiger partial charge in [0.15, 0.2) is 0 Å². The molecular weight excluding hydrogens is 696 g/mol. The molecule has 0 aliphatic rings. The number of nitrogens with zero attached hydrogens (tertiary/aromatic N) is 2. The molecule has 0 aliphatic heterocycles. The molecule has 0 atom stereocenters. The van der Waals surface area contributed by atoms with Crippen molar-refractivity contribution in [1.29, 1.82) is 10.5 Å². The van der Waals surface area contributed by atoms with Gasteiger partial charge in [-0.15, -0.1) is 0 Å². The predicted molar refractivity (Wildman–Crippen MR) is 159 cm³/mol. The highest BCUT2D eigenvalue weighted by Gasteiger charge is 2.25. The lowest BCUT2D eigenvalue weighted by atomic mass is 9.99. The molecule has 0 fully saturated rings. The molecule has 4 aromatic carbocycles. The summed E-state index contributed by atoms with van der Waals surface area (Å²) in [4.78, 5) is 24.6. The van der Waals surface area contributed by atoms with Crippen LogP contribution in [0.15, 0.2) is 48.5 Å². The molecule has 0 N–H and O–H groups in total. The third kappa shape index (κ3) is 9.10. The van der Waals surface area contributed by atoms with Crippen molar-refractivity contribution in [2.24, 2.45) is 5.92 Å². The molecule has 0 aliphatic carbocycles. The Kier molecular flexibility index (Phi) is 12.2. The molecule has 0 bridgehead atoms. The maximum absolute atomic E-state index is 14.7. The van der Waals surface area contributed by atoms with Crippen LogP contribution in [0.1, 0.15) is 58.0 Å². The maximum Gasteiger partial charge on any atom is 0.349 e. The van der Waals surface area contributed by atoms with E-state index >= 15 is 0 Å². The van der Waals surface area contributed by atoms with Crippen molar-refractivity contribution >= 4 is 11.9 Å². The lowest BCUT2D eigenvalue weighted by Crippen LogP contribution is -2.15. The van der Waals surface area contributed by atoms with E-state index in [1.165, 1.54) is 12.1 Å². The van der Waals surface area contributed by atoms with Gasteiger partial charge in [-0.3, -0.25) is 0 Å². The van der Waals surface area contributed by atoms with Crippen molar-refractivity contribution in [3.63, 3.8) is 0 Å². The highest BCUT2D eigenvalue weighted by atomic mass is 19.2. The fraction of sp³-hybridized carbons (Fsp3) is 0.200. The molecule has 264 valence electrons. The Morgan fingerprint density at radius 2 is 0.843 bits per heavy atom. The summed E-state index contributed by atoms with van der Waals surface area (Å²) in [6, 6.07) is 7.37. The van der Waals surface area contributed by atoms with E-state index in [0.29, 0.717) is 67.8 Å². The van der Waals surface area contributed by atoms with Crippen LogP contribution in [0, 0.1) is 75.1 Å². The molecule has 0 saturated heterocycles. The van der Waals surface area contributed by atoms with Crippen LogP contribution in [0.4, 0.5) is 35.1 Å². The number of rotatable bonds is 13. The van der Waals surface area contributed by atoms with Crippen LogP contribution in [0.3, 0.4) is 0 Å². The van der Waals surface area contributed by atoms with Crippen molar-refractivity contribution in [3.05, 3.63) is 117 Å². The Morgan fingerprint density at radius 1 is 0.549 bits per heavy atom. The minimum absolute atomic E-state index is 0.0575. The van der Waals surface area contributed by atoms with E-state index in [4.69, 9.17) is 20.0 Å². The van der Waals surface area contributed by atoms with Crippen LogP contribution in [0.25, 0.3) is 0 Å². The van der Waals surface area contributed by atoms with Gasteiger partial charge in [0.05, 0.1) is 13.2 Å². The fourth-order valence-electron chi connectivity index (χ4n) is 4.64. The second-order valence-corrected chi connectivity index (χ2v) is 10.6. The highest BCUT2D eigenvalue weighted by Crippen LogP contribution is 2.28. The zero-order valence-electron chi connectivity index (χ0n) is 26.1. The van der Waals surface area contributed by atoms with E-state index in [2.05, 4.69) is 9.47 Å². The van der Waals surface area contributed by atoms with Crippen molar-refractivity contribution in [1.82, 2.24) is 0 Å². The Balaban J connectivity index is 1.29. The first kappa shape index (κ1) is 37.7. The zero-order chi connectivity index (χ0) is 37.4. The van der Waals surface area contributed by atoms with E-state index in [1.807, 2.05) is 6.92 Å². The Morgan fingerprint density at radius 3 is 1.12 bits per heavy atom. The molecule has 0 spiro atoms. The van der Waals surface area contributed by atoms with Gasteiger partial charge in [-0.25, -0.2) is 44.7 Å². The minimum atomic E-state index is -1.60. The molecule has 0 aromatic heterocycles. The number of hydrogen-bond donors (Lipinski definition) is 0. The van der Waals surface area contributed by atoms with E-state index in [0.717, 1.165) is 0 Å². The molecule has 16 heteroatoms. The van der Waals surface area contributed by atoms with Crippen molar-refractivity contribution < 1.29 is 63.7 Å². The molecule has 0 radical (unpaired) electrons. The average molecular weight is 719 g/mol. The minimum Gasteiger partial charge on any atom is -0.493 e. The van der Waals surface area contributed by atoms with Gasteiger partial charge < -0.3 is 18.9 Å². The molecule has 0 unspecified atom stereocenters. The standard InChI is InChI=1S/C35H22F8N2O6/c1-2-17(3-5-48-18-7-28(40)32(29(41)8-18)34(46)50-20-11-24(36)22(15-44)25(37)12-20)4-6-49-19-9-30(42)33(31(43)10-19)35(47)51-21-13-26(38)23(16-45)27(39)14-21/h7-14,17H,2-6H2,1H3. The van der Waals surface area contributed by atoms with Crippen molar-refractivity contribution in [2.45, 2.75) is 26.2 Å². The van der Waals surface area contributed by atoms with E-state index in [9.17, 15) is 44.7 Å². The number of esters is 2. The fourth-order valence-corrected chi connectivity index (χ4v) is 4.64. The second kappa shape index (κ2) is 16.5. The summed E-state index contributed by atoms with van der Waals surface area (Å²) < 4.78 is 134. The van der Waals surface area contributed by atoms with Gasteiger partial charge in [0.1, 0.15) is 104 Å². The smallest absolute Gasteiger partial charge is 0.349 e. The van der Waals surface area contributed by atoms with Gasteiger partial charge in [0.25, 0.3) is 0 Å². The monoisotopic (exact) mass is 718 g/mol. The summed E-state index contributed by atoms with van der Waals surface area (Å²) in [7, 11) is 0. The first-order chi connectivity index (χ1) is 24.3. The number of halogens is 8. The first-order valence-electron chi connectivity index (χ1n) is 14.7. The lowest BCUT2D eigenvalue weighted by Gasteiger charge is -2.16. The van der Waals surface area contributed by atoms with Crippen molar-refractivity contribution in [3.8, 4) is 35.1 Å². The molecule has 51 heavy (non-hydrogen) atoms. The second-order valence-electron chi connectivity index (χ2n) is 10.6. The van der Waals surface area contributed by atoms with Crippen LogP contribution in [-0.2, 0) is 0 Å². The molecule has 0 heterocycles. The maximum atomic E-state index is 14.7. The predicted octanol–water partition coefficient (Wildman–Crippen LogP) is 8.25. The van der Waals surface area contributed by atoms with Crippen LogP contribution in [0.2, 0.25) is 0 Å². The van der Waals surface area contributed by atoms with Crippen LogP contribution in [0.5, 0.6) is 23.0 Å². The molecule has 0 saturated carbocycles. The summed E-state index contributed by atoms with van der Waals surface area (Å²) in [5, 5.41) is 17.4. The number of hydrogen-bond acceptors (Lipinski definition) is 8. The van der Waals surface area contributed by atoms with Gasteiger partial charge in [0.2, 0.25) is 0 Å². The van der Waals surface area contributed by atoms with E-state index < -0.39 is 92.2 Å². The molecule has 0 amide bonds. The summed E-state index contributed by atoms with van der Waals surface area (Å²) in [6.07, 6.45) is 1.22. The van der Waals surface area contributed by atoms with Gasteiger partial charge in [-0.2, -0.15) is 10.5 Å². The third-order valence-corrected chi connectivity index (χ3v) is 7.28. The van der Waals surface area contributed by atoms with Crippen molar-refractivity contribution in [2.75, 3.05) is 13.2 Å². The van der Waals surface area contributed by atoms with Gasteiger partial charge >= 0.3 is 11.9 Å². The normalized spacial score (nSPS) is 10.7. The molecule has 4 aromatic rings. The van der Waals surface area contributed by atoms with E-state index in [1.54, 1.807) is 0 Å².